The fourth-order valence-electron chi connectivity index (χ4n) is 0.986. The Morgan fingerprint density at radius 3 is 2.73 bits per heavy atom. The van der Waals surface area contributed by atoms with Gasteiger partial charge in [-0.2, -0.15) is 0 Å². The molecule has 0 fully saturated rings. The first-order valence-corrected chi connectivity index (χ1v) is 4.85. The lowest BCUT2D eigenvalue weighted by Gasteiger charge is -2.06. The van der Waals surface area contributed by atoms with E-state index in [4.69, 9.17) is 9.47 Å². The van der Waals surface area contributed by atoms with Crippen LogP contribution in [-0.2, 0) is 16.1 Å². The molecule has 4 heteroatoms. The van der Waals surface area contributed by atoms with Crippen molar-refractivity contribution in [2.75, 3.05) is 13.3 Å². The van der Waals surface area contributed by atoms with E-state index in [0.29, 0.717) is 6.61 Å². The summed E-state index contributed by atoms with van der Waals surface area (Å²) in [5.41, 5.74) is 0.962. The third-order valence-electron chi connectivity index (χ3n) is 1.74. The summed E-state index contributed by atoms with van der Waals surface area (Å²) in [6, 6.07) is 9.51. The van der Waals surface area contributed by atoms with Crippen LogP contribution in [0.5, 0.6) is 0 Å². The van der Waals surface area contributed by atoms with Crippen molar-refractivity contribution in [1.82, 2.24) is 5.32 Å². The maximum atomic E-state index is 11.1. The monoisotopic (exact) mass is 209 g/mol. The number of carbonyl (C=O) groups is 1. The van der Waals surface area contributed by atoms with Gasteiger partial charge in [0, 0.05) is 6.61 Å². The highest BCUT2D eigenvalue weighted by Crippen LogP contribution is 2.00. The number of carbonyl (C=O) groups excluding carboxylic acids is 1. The summed E-state index contributed by atoms with van der Waals surface area (Å²) < 4.78 is 9.89. The smallest absolute Gasteiger partial charge is 0.409 e. The van der Waals surface area contributed by atoms with E-state index in [9.17, 15) is 4.79 Å². The minimum absolute atomic E-state index is 0.185. The minimum atomic E-state index is -0.465. The van der Waals surface area contributed by atoms with Gasteiger partial charge in [-0.25, -0.2) is 4.79 Å². The Kier molecular flexibility index (Phi) is 5.25. The van der Waals surface area contributed by atoms with E-state index in [0.717, 1.165) is 5.56 Å². The van der Waals surface area contributed by atoms with Crippen molar-refractivity contribution >= 4 is 6.09 Å². The van der Waals surface area contributed by atoms with Gasteiger partial charge in [0.25, 0.3) is 0 Å². The molecule has 1 amide bonds. The summed E-state index contributed by atoms with van der Waals surface area (Å²) in [4.78, 5) is 11.1. The van der Waals surface area contributed by atoms with Crippen LogP contribution in [0.25, 0.3) is 0 Å². The highest BCUT2D eigenvalue weighted by molar-refractivity contribution is 5.66. The highest BCUT2D eigenvalue weighted by Gasteiger charge is 2.00. The zero-order chi connectivity index (χ0) is 10.9. The van der Waals surface area contributed by atoms with Crippen molar-refractivity contribution in [3.63, 3.8) is 0 Å². The first-order valence-electron chi connectivity index (χ1n) is 4.85. The van der Waals surface area contributed by atoms with Gasteiger partial charge in [0.05, 0.1) is 0 Å². The van der Waals surface area contributed by atoms with Crippen LogP contribution >= 0.6 is 0 Å². The lowest BCUT2D eigenvalue weighted by molar-refractivity contribution is 0.0988. The quantitative estimate of drug-likeness (QED) is 0.595. The van der Waals surface area contributed by atoms with Crippen molar-refractivity contribution in [3.05, 3.63) is 35.9 Å². The standard InChI is InChI=1S/C11H15NO3/c1-2-14-9-12-11(13)15-8-10-6-4-3-5-7-10/h3-7H,2,8-9H2,1H3,(H,12,13). The molecule has 0 aliphatic heterocycles. The van der Waals surface area contributed by atoms with E-state index < -0.39 is 6.09 Å². The van der Waals surface area contributed by atoms with Crippen molar-refractivity contribution in [1.29, 1.82) is 0 Å². The van der Waals surface area contributed by atoms with Crippen molar-refractivity contribution < 1.29 is 14.3 Å². The molecule has 0 saturated heterocycles. The first-order chi connectivity index (χ1) is 7.33. The lowest BCUT2D eigenvalue weighted by atomic mass is 10.2. The Labute approximate surface area is 89.2 Å². The molecular weight excluding hydrogens is 194 g/mol. The van der Waals surface area contributed by atoms with Crippen LogP contribution in [0.1, 0.15) is 12.5 Å². The molecule has 0 bridgehead atoms. The van der Waals surface area contributed by atoms with Crippen LogP contribution in [0.2, 0.25) is 0 Å². The molecule has 0 aromatic heterocycles. The van der Waals surface area contributed by atoms with Crippen molar-refractivity contribution in [2.45, 2.75) is 13.5 Å². The molecule has 1 aromatic rings. The lowest BCUT2D eigenvalue weighted by Crippen LogP contribution is -2.26. The van der Waals surface area contributed by atoms with Gasteiger partial charge in [-0.1, -0.05) is 30.3 Å². The number of hydrogen-bond acceptors (Lipinski definition) is 3. The van der Waals surface area contributed by atoms with E-state index >= 15 is 0 Å². The summed E-state index contributed by atoms with van der Waals surface area (Å²) in [5, 5.41) is 2.47. The molecule has 0 saturated carbocycles. The Bertz CT molecular complexity index is 287. The molecule has 1 aromatic carbocycles. The predicted molar refractivity (Wildman–Crippen MR) is 56.3 cm³/mol. The van der Waals surface area contributed by atoms with E-state index in [-0.39, 0.29) is 13.3 Å². The Morgan fingerprint density at radius 2 is 2.07 bits per heavy atom. The van der Waals surface area contributed by atoms with Crippen LogP contribution < -0.4 is 5.32 Å². The molecule has 0 aliphatic carbocycles. The van der Waals surface area contributed by atoms with Crippen molar-refractivity contribution in [3.8, 4) is 0 Å². The molecule has 15 heavy (non-hydrogen) atoms. The maximum Gasteiger partial charge on any atom is 0.409 e. The molecule has 0 spiro atoms. The Hall–Kier alpha value is -1.55. The van der Waals surface area contributed by atoms with Crippen molar-refractivity contribution in [2.24, 2.45) is 0 Å². The zero-order valence-corrected chi connectivity index (χ0v) is 8.73. The van der Waals surface area contributed by atoms with Gasteiger partial charge < -0.3 is 9.47 Å². The molecule has 4 nitrogen and oxygen atoms in total. The molecule has 0 heterocycles. The normalized spacial score (nSPS) is 9.67. The van der Waals surface area contributed by atoms with Crippen LogP contribution in [0.4, 0.5) is 4.79 Å². The van der Waals surface area contributed by atoms with Crippen LogP contribution in [0.15, 0.2) is 30.3 Å². The van der Waals surface area contributed by atoms with E-state index in [1.54, 1.807) is 0 Å². The third-order valence-corrected chi connectivity index (χ3v) is 1.74. The molecule has 1 rings (SSSR count). The van der Waals surface area contributed by atoms with Gasteiger partial charge >= 0.3 is 6.09 Å². The summed E-state index contributed by atoms with van der Waals surface area (Å²) >= 11 is 0. The predicted octanol–water partition coefficient (Wildman–Crippen LogP) is 1.91. The molecule has 0 radical (unpaired) electrons. The topological polar surface area (TPSA) is 47.6 Å². The highest BCUT2D eigenvalue weighted by atomic mass is 16.6. The first kappa shape index (κ1) is 11.5. The molecular formula is C11H15NO3. The number of rotatable bonds is 5. The third kappa shape index (κ3) is 5.02. The van der Waals surface area contributed by atoms with Gasteiger partial charge in [-0.15, -0.1) is 0 Å². The second kappa shape index (κ2) is 6.84. The molecule has 0 unspecified atom stereocenters. The van der Waals surface area contributed by atoms with Crippen LogP contribution in [0.3, 0.4) is 0 Å². The molecule has 0 aliphatic rings. The zero-order valence-electron chi connectivity index (χ0n) is 8.73. The van der Waals surface area contributed by atoms with E-state index in [2.05, 4.69) is 5.32 Å². The van der Waals surface area contributed by atoms with Gasteiger partial charge in [-0.3, -0.25) is 5.32 Å². The Balaban J connectivity index is 2.17. The summed E-state index contributed by atoms with van der Waals surface area (Å²) in [6.45, 7) is 2.89. The van der Waals surface area contributed by atoms with E-state index in [1.165, 1.54) is 0 Å². The average molecular weight is 209 g/mol. The summed E-state index contributed by atoms with van der Waals surface area (Å²) in [7, 11) is 0. The van der Waals surface area contributed by atoms with E-state index in [1.807, 2.05) is 37.3 Å². The SMILES string of the molecule is CCOCNC(=O)OCc1ccccc1. The fraction of sp³-hybridized carbons (Fsp3) is 0.364. The van der Waals surface area contributed by atoms with Gasteiger partial charge in [-0.05, 0) is 12.5 Å². The van der Waals surface area contributed by atoms with Gasteiger partial charge in [0.15, 0.2) is 0 Å². The number of nitrogens with one attached hydrogen (secondary N) is 1. The Morgan fingerprint density at radius 1 is 1.33 bits per heavy atom. The summed E-state index contributed by atoms with van der Waals surface area (Å²) in [6.07, 6.45) is -0.465. The number of hydrogen-bond donors (Lipinski definition) is 1. The molecule has 1 N–H and O–H groups in total. The summed E-state index contributed by atoms with van der Waals surface area (Å²) in [5.74, 6) is 0. The number of amides is 1. The van der Waals surface area contributed by atoms with Gasteiger partial charge in [0.2, 0.25) is 0 Å². The average Bonchev–Trinajstić information content (AvgIpc) is 2.28. The van der Waals surface area contributed by atoms with Crippen LogP contribution in [-0.4, -0.2) is 19.4 Å². The second-order valence-corrected chi connectivity index (χ2v) is 2.88. The largest absolute Gasteiger partial charge is 0.445 e. The molecule has 0 atom stereocenters. The minimum Gasteiger partial charge on any atom is -0.445 e. The maximum absolute atomic E-state index is 11.1. The van der Waals surface area contributed by atoms with Gasteiger partial charge in [0.1, 0.15) is 13.3 Å². The number of ether oxygens (including phenoxy) is 2. The number of benzene rings is 1. The number of alkyl carbamates (subject to hydrolysis) is 1. The fourth-order valence-corrected chi connectivity index (χ4v) is 0.986. The second-order valence-electron chi connectivity index (χ2n) is 2.88. The molecule has 82 valence electrons. The van der Waals surface area contributed by atoms with Crippen LogP contribution in [0, 0.1) is 0 Å².